The number of rotatable bonds is 5. The van der Waals surface area contributed by atoms with E-state index >= 15 is 0 Å². The van der Waals surface area contributed by atoms with Crippen molar-refractivity contribution in [3.63, 3.8) is 0 Å². The molecule has 0 atom stereocenters. The Kier molecular flexibility index (Phi) is 13.0. The first-order chi connectivity index (χ1) is 7.44. The van der Waals surface area contributed by atoms with Crippen LogP contribution in [-0.4, -0.2) is 19.6 Å². The van der Waals surface area contributed by atoms with Crippen molar-refractivity contribution >= 4 is 30.1 Å². The molecular formula is C6H9O7P3Zr2. The van der Waals surface area contributed by atoms with E-state index in [0.29, 0.717) is 0 Å². The molecule has 0 heterocycles. The molecule has 0 spiro atoms. The van der Waals surface area contributed by atoms with Gasteiger partial charge in [-0.15, -0.1) is 0 Å². The molecule has 0 fully saturated rings. The maximum Gasteiger partial charge on any atom is 0.374 e. The van der Waals surface area contributed by atoms with Gasteiger partial charge in [-0.2, -0.15) is 0 Å². The summed E-state index contributed by atoms with van der Waals surface area (Å²) in [5.74, 6) is 0. The van der Waals surface area contributed by atoms with Crippen LogP contribution in [0.3, 0.4) is 0 Å². The predicted octanol–water partition coefficient (Wildman–Crippen LogP) is 0.956. The standard InChI is InChI=1S/C6H9O7P3.2Zr/c7-14(8)12-16(11,13-15(9)10)6-4-2-1-3-5-6;;/h1-5,7-10H;;. The van der Waals surface area contributed by atoms with Gasteiger partial charge >= 0.3 is 24.8 Å². The fourth-order valence-electron chi connectivity index (χ4n) is 0.912. The van der Waals surface area contributed by atoms with Crippen LogP contribution < -0.4 is 5.30 Å². The Bertz CT molecular complexity index is 363. The molecule has 0 radical (unpaired) electrons. The van der Waals surface area contributed by atoms with E-state index in [0.717, 1.165) is 0 Å². The summed E-state index contributed by atoms with van der Waals surface area (Å²) in [4.78, 5) is 34.6. The summed E-state index contributed by atoms with van der Waals surface area (Å²) in [7, 11) is -10.0. The molecule has 0 amide bonds. The Balaban J connectivity index is 0. The summed E-state index contributed by atoms with van der Waals surface area (Å²) in [6, 6.07) is 7.36. The van der Waals surface area contributed by atoms with Crippen LogP contribution in [0, 0.1) is 0 Å². The van der Waals surface area contributed by atoms with Crippen molar-refractivity contribution in [2.24, 2.45) is 0 Å². The number of hydrogen-bond acceptors (Lipinski definition) is 7. The second kappa shape index (κ2) is 10.5. The smallest absolute Gasteiger partial charge is 0.328 e. The molecule has 1 rings (SSSR count). The molecule has 1 aromatic carbocycles. The molecule has 0 saturated heterocycles. The van der Waals surface area contributed by atoms with Crippen LogP contribution in [0.2, 0.25) is 0 Å². The zero-order valence-electron chi connectivity index (χ0n) is 8.74. The maximum absolute atomic E-state index is 12.0. The Hall–Kier alpha value is 1.84. The van der Waals surface area contributed by atoms with E-state index in [1.54, 1.807) is 6.07 Å². The van der Waals surface area contributed by atoms with Crippen molar-refractivity contribution in [2.45, 2.75) is 0 Å². The van der Waals surface area contributed by atoms with Gasteiger partial charge in [0.1, 0.15) is 0 Å². The molecule has 1 aromatic rings. The van der Waals surface area contributed by atoms with Gasteiger partial charge in [-0.1, -0.05) is 18.2 Å². The number of benzene rings is 1. The molecule has 0 unspecified atom stereocenters. The molecule has 4 N–H and O–H groups in total. The summed E-state index contributed by atoms with van der Waals surface area (Å²) >= 11 is 0. The summed E-state index contributed by atoms with van der Waals surface area (Å²) in [5.41, 5.74) is 0. The van der Waals surface area contributed by atoms with Crippen molar-refractivity contribution in [1.29, 1.82) is 0 Å². The third kappa shape index (κ3) is 7.57. The third-order valence-corrected chi connectivity index (χ3v) is 5.25. The van der Waals surface area contributed by atoms with E-state index in [2.05, 4.69) is 8.62 Å². The van der Waals surface area contributed by atoms with Gasteiger partial charge < -0.3 is 19.6 Å². The first kappa shape index (κ1) is 22.1. The molecule has 7 nitrogen and oxygen atoms in total. The van der Waals surface area contributed by atoms with E-state index in [1.807, 2.05) is 0 Å². The van der Waals surface area contributed by atoms with Crippen LogP contribution in [0.1, 0.15) is 0 Å². The monoisotopic (exact) mass is 466 g/mol. The van der Waals surface area contributed by atoms with Crippen molar-refractivity contribution < 1.29 is 85.2 Å². The van der Waals surface area contributed by atoms with Gasteiger partial charge in [0.05, 0.1) is 5.30 Å². The van der Waals surface area contributed by atoms with E-state index in [9.17, 15) is 4.57 Å². The molecule has 0 aromatic heterocycles. The maximum atomic E-state index is 12.0. The van der Waals surface area contributed by atoms with E-state index in [1.165, 1.54) is 24.3 Å². The summed E-state index contributed by atoms with van der Waals surface area (Å²) in [6.45, 7) is 0. The van der Waals surface area contributed by atoms with E-state index in [-0.39, 0.29) is 57.7 Å². The Morgan fingerprint density at radius 2 is 1.28 bits per heavy atom. The Morgan fingerprint density at radius 3 is 1.61 bits per heavy atom. The molecule has 0 aliphatic carbocycles. The van der Waals surface area contributed by atoms with Crippen molar-refractivity contribution in [3.05, 3.63) is 30.3 Å². The van der Waals surface area contributed by atoms with Gasteiger partial charge in [-0.25, -0.2) is 8.62 Å². The first-order valence-electron chi connectivity index (χ1n) is 3.85. The second-order valence-electron chi connectivity index (χ2n) is 2.50. The molecular weight excluding hydrogens is 459 g/mol. The quantitative estimate of drug-likeness (QED) is 0.476. The minimum atomic E-state index is -4.13. The minimum absolute atomic E-state index is 0. The molecule has 0 aliphatic rings. The molecule has 18 heavy (non-hydrogen) atoms. The second-order valence-corrected chi connectivity index (χ2v) is 6.33. The third-order valence-electron chi connectivity index (χ3n) is 1.43. The normalized spacial score (nSPS) is 11.0. The summed E-state index contributed by atoms with van der Waals surface area (Å²) in [6.07, 6.45) is 0. The average molecular weight is 469 g/mol. The van der Waals surface area contributed by atoms with Crippen molar-refractivity contribution in [3.8, 4) is 0 Å². The molecule has 12 heteroatoms. The topological polar surface area (TPSA) is 116 Å². The zero-order valence-corrected chi connectivity index (χ0v) is 16.3. The molecule has 0 saturated carbocycles. The summed E-state index contributed by atoms with van der Waals surface area (Å²) in [5, 5.41) is 0.00111. The molecule has 98 valence electrons. The van der Waals surface area contributed by atoms with Gasteiger partial charge in [0.2, 0.25) is 0 Å². The van der Waals surface area contributed by atoms with Gasteiger partial charge in [-0.05, 0) is 12.1 Å². The fourth-order valence-corrected chi connectivity index (χ4v) is 4.13. The largest absolute Gasteiger partial charge is 0.374 e. The van der Waals surface area contributed by atoms with Crippen LogP contribution >= 0.6 is 24.8 Å². The summed E-state index contributed by atoms with van der Waals surface area (Å²) < 4.78 is 20.7. The van der Waals surface area contributed by atoms with Crippen LogP contribution in [-0.2, 0) is 65.6 Å². The number of hydrogen-bond donors (Lipinski definition) is 4. The van der Waals surface area contributed by atoms with Gasteiger partial charge in [0.15, 0.2) is 0 Å². The average Bonchev–Trinajstić information content (AvgIpc) is 2.16. The van der Waals surface area contributed by atoms with Crippen LogP contribution in [0.15, 0.2) is 30.3 Å². The molecule has 0 bridgehead atoms. The van der Waals surface area contributed by atoms with Crippen LogP contribution in [0.4, 0.5) is 0 Å². The van der Waals surface area contributed by atoms with Crippen molar-refractivity contribution in [2.75, 3.05) is 0 Å². The van der Waals surface area contributed by atoms with Gasteiger partial charge in [0.25, 0.3) is 0 Å². The van der Waals surface area contributed by atoms with Gasteiger partial charge in [-0.3, -0.25) is 4.57 Å². The van der Waals surface area contributed by atoms with Crippen molar-refractivity contribution in [1.82, 2.24) is 0 Å². The SMILES string of the molecule is O=P(OP(O)O)(OP(O)O)c1ccccc1.[Zr].[Zr]. The zero-order chi connectivity index (χ0) is 12.2. The first-order valence-corrected chi connectivity index (χ1v) is 7.72. The predicted molar refractivity (Wildman–Crippen MR) is 58.6 cm³/mol. The Morgan fingerprint density at radius 1 is 0.889 bits per heavy atom. The minimum Gasteiger partial charge on any atom is -0.328 e. The van der Waals surface area contributed by atoms with E-state index < -0.39 is 24.8 Å². The van der Waals surface area contributed by atoms with Crippen LogP contribution in [0.5, 0.6) is 0 Å². The van der Waals surface area contributed by atoms with Crippen LogP contribution in [0.25, 0.3) is 0 Å². The fraction of sp³-hybridized carbons (Fsp3) is 0. The Labute approximate surface area is 144 Å². The van der Waals surface area contributed by atoms with Gasteiger partial charge in [0, 0.05) is 52.4 Å². The molecule has 0 aliphatic heterocycles. The van der Waals surface area contributed by atoms with E-state index in [4.69, 9.17) is 19.6 Å².